The molecule has 0 heterocycles. The molecule has 0 aromatic rings. The van der Waals surface area contributed by atoms with Crippen LogP contribution in [0.4, 0.5) is 0 Å². The van der Waals surface area contributed by atoms with Gasteiger partial charge in [-0.2, -0.15) is 0 Å². The lowest BCUT2D eigenvalue weighted by molar-refractivity contribution is -0.143. The number of carbonyl (C=O) groups excluding carboxylic acids is 2. The molecule has 5 unspecified atom stereocenters. The van der Waals surface area contributed by atoms with E-state index in [9.17, 15) is 18.0 Å². The molecule has 0 aromatic carbocycles. The van der Waals surface area contributed by atoms with Crippen LogP contribution in [-0.2, 0) is 24.2 Å². The number of nitrogens with zero attached hydrogens (tertiary/aromatic N) is 1. The normalized spacial score (nSPS) is 35.7. The number of likely N-dealkylation sites (N-methyl/N-ethyl adjacent to an activating group) is 1. The lowest BCUT2D eigenvalue weighted by Crippen LogP contribution is -2.51. The highest BCUT2D eigenvalue weighted by Crippen LogP contribution is 2.37. The SMILES string of the molecule is COC1CCCCC1N(C)C(=O)C1CCC(NC(=O)CC2CCC(S(=O)(=O)CC3CC3)CC2)CC1C. The molecule has 0 saturated heterocycles. The summed E-state index contributed by atoms with van der Waals surface area (Å²) in [5, 5.41) is 3.04. The van der Waals surface area contributed by atoms with Crippen molar-refractivity contribution in [3.63, 3.8) is 0 Å². The zero-order valence-corrected chi connectivity index (χ0v) is 23.4. The van der Waals surface area contributed by atoms with Gasteiger partial charge >= 0.3 is 0 Å². The van der Waals surface area contributed by atoms with Crippen molar-refractivity contribution >= 4 is 21.7 Å². The molecule has 0 bridgehead atoms. The highest BCUT2D eigenvalue weighted by molar-refractivity contribution is 7.92. The molecular formula is C28H48N2O5S. The lowest BCUT2D eigenvalue weighted by Gasteiger charge is -2.41. The fourth-order valence-corrected chi connectivity index (χ4v) is 9.36. The molecule has 4 saturated carbocycles. The van der Waals surface area contributed by atoms with Gasteiger partial charge in [0.1, 0.15) is 0 Å². The van der Waals surface area contributed by atoms with E-state index in [-0.39, 0.29) is 53.0 Å². The van der Waals surface area contributed by atoms with Crippen LogP contribution in [-0.4, -0.2) is 68.5 Å². The van der Waals surface area contributed by atoms with Crippen molar-refractivity contribution in [2.24, 2.45) is 23.7 Å². The number of amides is 2. The minimum Gasteiger partial charge on any atom is -0.379 e. The summed E-state index contributed by atoms with van der Waals surface area (Å²) in [5.41, 5.74) is 0. The van der Waals surface area contributed by atoms with E-state index in [1.165, 1.54) is 6.42 Å². The molecule has 0 spiro atoms. The van der Waals surface area contributed by atoms with Gasteiger partial charge in [-0.15, -0.1) is 0 Å². The fraction of sp³-hybridized carbons (Fsp3) is 0.929. The van der Waals surface area contributed by atoms with Crippen molar-refractivity contribution in [1.29, 1.82) is 0 Å². The Balaban J connectivity index is 1.19. The topological polar surface area (TPSA) is 92.8 Å². The molecule has 5 atom stereocenters. The van der Waals surface area contributed by atoms with Crippen LogP contribution in [0.5, 0.6) is 0 Å². The van der Waals surface area contributed by atoms with Gasteiger partial charge < -0.3 is 15.0 Å². The number of rotatable bonds is 9. The highest BCUT2D eigenvalue weighted by Gasteiger charge is 2.39. The minimum absolute atomic E-state index is 0.00968. The molecule has 4 aliphatic rings. The summed E-state index contributed by atoms with van der Waals surface area (Å²) in [6, 6.07) is 0.290. The Morgan fingerprint density at radius 2 is 1.58 bits per heavy atom. The maximum atomic E-state index is 13.4. The molecule has 4 rings (SSSR count). The predicted molar refractivity (Wildman–Crippen MR) is 141 cm³/mol. The second-order valence-electron chi connectivity index (χ2n) is 12.4. The van der Waals surface area contributed by atoms with Crippen LogP contribution >= 0.6 is 0 Å². The molecule has 8 heteroatoms. The summed E-state index contributed by atoms with van der Waals surface area (Å²) >= 11 is 0. The third-order valence-electron chi connectivity index (χ3n) is 9.61. The first-order valence-corrected chi connectivity index (χ1v) is 16.2. The van der Waals surface area contributed by atoms with Crippen LogP contribution in [0.2, 0.25) is 0 Å². The Hall–Kier alpha value is -1.15. The zero-order chi connectivity index (χ0) is 25.9. The van der Waals surface area contributed by atoms with Gasteiger partial charge in [0.05, 0.1) is 23.1 Å². The summed E-state index contributed by atoms with van der Waals surface area (Å²) in [6.45, 7) is 2.15. The monoisotopic (exact) mass is 524 g/mol. The largest absolute Gasteiger partial charge is 0.379 e. The first-order chi connectivity index (χ1) is 17.2. The second kappa shape index (κ2) is 12.1. The molecule has 0 aromatic heterocycles. The zero-order valence-electron chi connectivity index (χ0n) is 22.6. The van der Waals surface area contributed by atoms with Gasteiger partial charge in [-0.1, -0.05) is 19.8 Å². The summed E-state index contributed by atoms with van der Waals surface area (Å²) < 4.78 is 30.8. The van der Waals surface area contributed by atoms with Gasteiger partial charge in [0.15, 0.2) is 9.84 Å². The fourth-order valence-electron chi connectivity index (χ4n) is 7.11. The van der Waals surface area contributed by atoms with Gasteiger partial charge in [0.25, 0.3) is 0 Å². The maximum Gasteiger partial charge on any atom is 0.226 e. The van der Waals surface area contributed by atoms with Gasteiger partial charge in [-0.25, -0.2) is 8.42 Å². The molecule has 1 N–H and O–H groups in total. The number of ether oxygens (including phenoxy) is 1. The quantitative estimate of drug-likeness (QED) is 0.490. The van der Waals surface area contributed by atoms with Crippen molar-refractivity contribution in [3.05, 3.63) is 0 Å². The molecule has 4 fully saturated rings. The number of nitrogens with one attached hydrogen (secondary N) is 1. The van der Waals surface area contributed by atoms with Gasteiger partial charge in [0.2, 0.25) is 11.8 Å². The minimum atomic E-state index is -2.97. The Bertz CT molecular complexity index is 865. The Morgan fingerprint density at radius 1 is 0.917 bits per heavy atom. The van der Waals surface area contributed by atoms with Crippen LogP contribution in [0.25, 0.3) is 0 Å². The van der Waals surface area contributed by atoms with Crippen molar-refractivity contribution in [2.45, 2.75) is 120 Å². The van der Waals surface area contributed by atoms with E-state index < -0.39 is 9.84 Å². The number of carbonyl (C=O) groups is 2. The Morgan fingerprint density at radius 3 is 2.22 bits per heavy atom. The van der Waals surface area contributed by atoms with Crippen LogP contribution < -0.4 is 5.32 Å². The van der Waals surface area contributed by atoms with Crippen molar-refractivity contribution in [2.75, 3.05) is 19.9 Å². The molecule has 2 amide bonds. The van der Waals surface area contributed by atoms with Gasteiger partial charge in [-0.05, 0) is 88.4 Å². The Labute approximate surface area is 218 Å². The van der Waals surface area contributed by atoms with E-state index in [4.69, 9.17) is 4.74 Å². The molecule has 4 aliphatic carbocycles. The van der Waals surface area contributed by atoms with E-state index in [1.807, 2.05) is 11.9 Å². The Kier molecular flexibility index (Phi) is 9.40. The summed E-state index contributed by atoms with van der Waals surface area (Å²) in [4.78, 5) is 28.1. The van der Waals surface area contributed by atoms with E-state index >= 15 is 0 Å². The number of hydrogen-bond donors (Lipinski definition) is 1. The molecule has 0 radical (unpaired) electrons. The standard InChI is InChI=1S/C28H48N2O5S/c1-19-16-22(12-15-24(19)28(32)30(2)25-6-4-5-7-26(25)35-3)29-27(31)17-20-10-13-23(14-11-20)36(33,34)18-21-8-9-21/h19-26H,4-18H2,1-3H3,(H,29,31). The predicted octanol–water partition coefficient (Wildman–Crippen LogP) is 4.10. The van der Waals surface area contributed by atoms with Crippen LogP contribution in [0.3, 0.4) is 0 Å². The number of sulfone groups is 1. The van der Waals surface area contributed by atoms with E-state index in [0.29, 0.717) is 30.9 Å². The number of methoxy groups -OCH3 is 1. The molecule has 7 nitrogen and oxygen atoms in total. The van der Waals surface area contributed by atoms with Gasteiger partial charge in [-0.3, -0.25) is 9.59 Å². The highest BCUT2D eigenvalue weighted by atomic mass is 32.2. The summed E-state index contributed by atoms with van der Waals surface area (Å²) in [5.74, 6) is 1.62. The molecule has 0 aliphatic heterocycles. The van der Waals surface area contributed by atoms with Crippen molar-refractivity contribution in [3.8, 4) is 0 Å². The molecule has 36 heavy (non-hydrogen) atoms. The molecular weight excluding hydrogens is 476 g/mol. The third kappa shape index (κ3) is 7.03. The summed E-state index contributed by atoms with van der Waals surface area (Å²) in [6.07, 6.45) is 12.6. The van der Waals surface area contributed by atoms with Crippen molar-refractivity contribution < 1.29 is 22.7 Å². The van der Waals surface area contributed by atoms with Gasteiger partial charge in [0, 0.05) is 32.5 Å². The average molecular weight is 525 g/mol. The first kappa shape index (κ1) is 27.9. The average Bonchev–Trinajstić information content (AvgIpc) is 3.67. The molecule has 206 valence electrons. The summed E-state index contributed by atoms with van der Waals surface area (Å²) in [7, 11) is 0.722. The first-order valence-electron chi connectivity index (χ1n) is 14.5. The lowest BCUT2D eigenvalue weighted by atomic mass is 9.76. The number of hydrogen-bond acceptors (Lipinski definition) is 5. The maximum absolute atomic E-state index is 13.4. The van der Waals surface area contributed by atoms with Crippen LogP contribution in [0.15, 0.2) is 0 Å². The van der Waals surface area contributed by atoms with E-state index in [2.05, 4.69) is 12.2 Å². The smallest absolute Gasteiger partial charge is 0.226 e. The second-order valence-corrected chi connectivity index (χ2v) is 14.7. The van der Waals surface area contributed by atoms with Crippen LogP contribution in [0, 0.1) is 23.7 Å². The van der Waals surface area contributed by atoms with Crippen molar-refractivity contribution in [1.82, 2.24) is 10.2 Å². The van der Waals surface area contributed by atoms with E-state index in [0.717, 1.165) is 64.2 Å². The third-order valence-corrected chi connectivity index (χ3v) is 12.0. The van der Waals surface area contributed by atoms with E-state index in [1.54, 1.807) is 7.11 Å². The van der Waals surface area contributed by atoms with Crippen LogP contribution in [0.1, 0.15) is 96.8 Å².